The van der Waals surface area contributed by atoms with Gasteiger partial charge in [0.1, 0.15) is 5.82 Å². The van der Waals surface area contributed by atoms with E-state index < -0.39 is 5.69 Å². The van der Waals surface area contributed by atoms with Gasteiger partial charge in [-0.2, -0.15) is 5.10 Å². The van der Waals surface area contributed by atoms with E-state index in [0.29, 0.717) is 5.56 Å². The van der Waals surface area contributed by atoms with E-state index in [-0.39, 0.29) is 18.1 Å². The lowest BCUT2D eigenvalue weighted by Gasteiger charge is -2.04. The lowest BCUT2D eigenvalue weighted by Crippen LogP contribution is -2.24. The predicted molar refractivity (Wildman–Crippen MR) is 79.8 cm³/mol. The number of nitrogens with zero attached hydrogens (tertiary/aromatic N) is 3. The largest absolute Gasteiger partial charge is 0.384 e. The topological polar surface area (TPSA) is 102 Å². The van der Waals surface area contributed by atoms with E-state index in [1.165, 1.54) is 24.0 Å². The molecule has 0 aliphatic heterocycles. The van der Waals surface area contributed by atoms with Gasteiger partial charge in [-0.1, -0.05) is 30.3 Å². The molecule has 1 aromatic heterocycles. The van der Waals surface area contributed by atoms with Crippen molar-refractivity contribution in [3.05, 3.63) is 58.1 Å². The molecule has 0 saturated heterocycles. The summed E-state index contributed by atoms with van der Waals surface area (Å²) in [6.45, 7) is 0. The molecule has 0 spiro atoms. The Balaban J connectivity index is 1.98. The Bertz CT molecular complexity index is 722. The zero-order valence-corrected chi connectivity index (χ0v) is 11.5. The van der Waals surface area contributed by atoms with Gasteiger partial charge in [0.25, 0.3) is 0 Å². The molecule has 0 radical (unpaired) electrons. The number of nitrogens with two attached hydrogens (primary N) is 1. The van der Waals surface area contributed by atoms with Gasteiger partial charge in [-0.05, 0) is 5.56 Å². The van der Waals surface area contributed by atoms with Crippen LogP contribution in [0.1, 0.15) is 11.1 Å². The minimum absolute atomic E-state index is 0.232. The number of anilines is 1. The fourth-order valence-electron chi connectivity index (χ4n) is 1.67. The number of nitrogen functional groups attached to an aromatic ring is 1. The molecular formula is C14H15N5O2. The first-order valence-corrected chi connectivity index (χ1v) is 6.25. The van der Waals surface area contributed by atoms with Gasteiger partial charge in [0.15, 0.2) is 0 Å². The van der Waals surface area contributed by atoms with E-state index in [1.807, 2.05) is 30.3 Å². The Morgan fingerprint density at radius 1 is 1.43 bits per heavy atom. The molecule has 1 heterocycles. The van der Waals surface area contributed by atoms with Crippen molar-refractivity contribution in [2.75, 3.05) is 5.73 Å². The fraction of sp³-hybridized carbons (Fsp3) is 0.143. The highest BCUT2D eigenvalue weighted by Crippen LogP contribution is 2.02. The minimum Gasteiger partial charge on any atom is -0.384 e. The third kappa shape index (κ3) is 3.75. The van der Waals surface area contributed by atoms with E-state index in [1.54, 1.807) is 0 Å². The highest BCUT2D eigenvalue weighted by Gasteiger charge is 2.03. The van der Waals surface area contributed by atoms with E-state index >= 15 is 0 Å². The number of hydrogen-bond donors (Lipinski definition) is 2. The van der Waals surface area contributed by atoms with Gasteiger partial charge in [-0.25, -0.2) is 15.2 Å². The maximum absolute atomic E-state index is 11.7. The predicted octanol–water partition coefficient (Wildman–Crippen LogP) is 0.0553. The fourth-order valence-corrected chi connectivity index (χ4v) is 1.67. The van der Waals surface area contributed by atoms with Gasteiger partial charge < -0.3 is 5.73 Å². The SMILES string of the molecule is Cn1c(N)c(/C=N/NC(=O)Cc2ccccc2)cnc1=O. The number of benzene rings is 1. The zero-order valence-electron chi connectivity index (χ0n) is 11.5. The van der Waals surface area contributed by atoms with Gasteiger partial charge in [0.2, 0.25) is 5.91 Å². The summed E-state index contributed by atoms with van der Waals surface area (Å²) in [5.41, 5.74) is 9.05. The van der Waals surface area contributed by atoms with Crippen LogP contribution < -0.4 is 16.8 Å². The first-order valence-electron chi connectivity index (χ1n) is 6.25. The highest BCUT2D eigenvalue weighted by molar-refractivity contribution is 5.86. The quantitative estimate of drug-likeness (QED) is 0.612. The third-order valence-electron chi connectivity index (χ3n) is 2.86. The molecule has 0 aliphatic rings. The molecule has 7 nitrogen and oxygen atoms in total. The molecule has 108 valence electrons. The Kier molecular flexibility index (Phi) is 4.45. The summed E-state index contributed by atoms with van der Waals surface area (Å²) in [6, 6.07) is 9.33. The number of nitrogens with one attached hydrogen (secondary N) is 1. The summed E-state index contributed by atoms with van der Waals surface area (Å²) in [5.74, 6) is -0.00939. The summed E-state index contributed by atoms with van der Waals surface area (Å²) < 4.78 is 1.20. The average Bonchev–Trinajstić information content (AvgIpc) is 2.48. The van der Waals surface area contributed by atoms with Crippen molar-refractivity contribution in [3.8, 4) is 0 Å². The van der Waals surface area contributed by atoms with Gasteiger partial charge in [-0.15, -0.1) is 0 Å². The molecule has 0 aliphatic carbocycles. The van der Waals surface area contributed by atoms with Crippen LogP contribution in [0.25, 0.3) is 0 Å². The minimum atomic E-state index is -0.447. The van der Waals surface area contributed by atoms with Crippen LogP contribution in [0.2, 0.25) is 0 Å². The third-order valence-corrected chi connectivity index (χ3v) is 2.86. The van der Waals surface area contributed by atoms with Gasteiger partial charge in [0, 0.05) is 13.2 Å². The summed E-state index contributed by atoms with van der Waals surface area (Å²) in [5, 5.41) is 3.81. The van der Waals surface area contributed by atoms with Crippen molar-refractivity contribution in [2.24, 2.45) is 12.1 Å². The van der Waals surface area contributed by atoms with Crippen molar-refractivity contribution < 1.29 is 4.79 Å². The van der Waals surface area contributed by atoms with E-state index in [4.69, 9.17) is 5.73 Å². The van der Waals surface area contributed by atoms with E-state index in [9.17, 15) is 9.59 Å². The number of aromatic nitrogens is 2. The number of hydrogen-bond acceptors (Lipinski definition) is 5. The molecule has 21 heavy (non-hydrogen) atoms. The van der Waals surface area contributed by atoms with Crippen LogP contribution >= 0.6 is 0 Å². The smallest absolute Gasteiger partial charge is 0.348 e. The zero-order chi connectivity index (χ0) is 15.2. The van der Waals surface area contributed by atoms with Crippen molar-refractivity contribution in [1.82, 2.24) is 15.0 Å². The van der Waals surface area contributed by atoms with Crippen LogP contribution in [0.3, 0.4) is 0 Å². The van der Waals surface area contributed by atoms with Crippen molar-refractivity contribution in [1.29, 1.82) is 0 Å². The number of carbonyl (C=O) groups excluding carboxylic acids is 1. The molecule has 0 atom stereocenters. The van der Waals surface area contributed by atoms with Crippen LogP contribution in [0, 0.1) is 0 Å². The normalized spacial score (nSPS) is 10.7. The summed E-state index contributed by atoms with van der Waals surface area (Å²) in [6.07, 6.45) is 2.90. The maximum atomic E-state index is 11.7. The lowest BCUT2D eigenvalue weighted by atomic mass is 10.1. The van der Waals surface area contributed by atoms with E-state index in [0.717, 1.165) is 5.56 Å². The monoisotopic (exact) mass is 285 g/mol. The average molecular weight is 285 g/mol. The number of rotatable bonds is 4. The Hall–Kier alpha value is -2.96. The maximum Gasteiger partial charge on any atom is 0.348 e. The molecular weight excluding hydrogens is 270 g/mol. The molecule has 2 rings (SSSR count). The van der Waals surface area contributed by atoms with E-state index in [2.05, 4.69) is 15.5 Å². The molecule has 3 N–H and O–H groups in total. The molecule has 0 fully saturated rings. The Morgan fingerprint density at radius 3 is 2.86 bits per heavy atom. The molecule has 7 heteroatoms. The Morgan fingerprint density at radius 2 is 2.14 bits per heavy atom. The van der Waals surface area contributed by atoms with Gasteiger partial charge >= 0.3 is 5.69 Å². The first-order chi connectivity index (χ1) is 10.1. The summed E-state index contributed by atoms with van der Waals surface area (Å²) in [7, 11) is 1.51. The highest BCUT2D eigenvalue weighted by atomic mass is 16.2. The lowest BCUT2D eigenvalue weighted by molar-refractivity contribution is -0.120. The molecule has 0 unspecified atom stereocenters. The number of hydrazone groups is 1. The standard InChI is InChI=1S/C14H15N5O2/c1-19-13(15)11(8-16-14(19)21)9-17-18-12(20)7-10-5-3-2-4-6-10/h2-6,8-9H,7,15H2,1H3,(H,18,20)/b17-9+. The van der Waals surface area contributed by atoms with Gasteiger partial charge in [0.05, 0.1) is 18.2 Å². The molecule has 0 bridgehead atoms. The van der Waals surface area contributed by atoms with Crippen LogP contribution in [-0.2, 0) is 18.3 Å². The second-order valence-electron chi connectivity index (χ2n) is 4.40. The van der Waals surface area contributed by atoms with Crippen LogP contribution in [0.4, 0.5) is 5.82 Å². The molecule has 1 aromatic carbocycles. The number of amides is 1. The molecule has 2 aromatic rings. The van der Waals surface area contributed by atoms with Crippen molar-refractivity contribution >= 4 is 17.9 Å². The van der Waals surface area contributed by atoms with Crippen LogP contribution in [0.15, 0.2) is 46.4 Å². The first kappa shape index (κ1) is 14.4. The van der Waals surface area contributed by atoms with Gasteiger partial charge in [-0.3, -0.25) is 9.36 Å². The van der Waals surface area contributed by atoms with Crippen molar-refractivity contribution in [2.45, 2.75) is 6.42 Å². The Labute approximate surface area is 121 Å². The molecule has 1 amide bonds. The second kappa shape index (κ2) is 6.47. The second-order valence-corrected chi connectivity index (χ2v) is 4.40. The molecule has 0 saturated carbocycles. The number of carbonyl (C=O) groups is 1. The van der Waals surface area contributed by atoms with Crippen LogP contribution in [0.5, 0.6) is 0 Å². The van der Waals surface area contributed by atoms with Crippen LogP contribution in [-0.4, -0.2) is 21.7 Å². The van der Waals surface area contributed by atoms with Crippen molar-refractivity contribution in [3.63, 3.8) is 0 Å². The summed E-state index contributed by atoms with van der Waals surface area (Å²) in [4.78, 5) is 26.5. The summed E-state index contributed by atoms with van der Waals surface area (Å²) >= 11 is 0.